The van der Waals surface area contributed by atoms with E-state index < -0.39 is 5.54 Å². The molecule has 0 aromatic heterocycles. The summed E-state index contributed by atoms with van der Waals surface area (Å²) in [7, 11) is 0. The molecule has 9 nitrogen and oxygen atoms in total. The fourth-order valence-electron chi connectivity index (χ4n) is 0.751. The quantitative estimate of drug-likeness (QED) is 0.240. The minimum Gasteiger partial charge on any atom is -0.305 e. The van der Waals surface area contributed by atoms with Gasteiger partial charge in [-0.15, -0.1) is 0 Å². The zero-order valence-corrected chi connectivity index (χ0v) is 6.79. The Labute approximate surface area is 73.4 Å². The van der Waals surface area contributed by atoms with E-state index in [0.717, 1.165) is 0 Å². The maximum absolute atomic E-state index is 10.0. The predicted octanol–water partition coefficient (Wildman–Crippen LogP) is -0.526. The van der Waals surface area contributed by atoms with Gasteiger partial charge in [0.25, 0.3) is 0 Å². The van der Waals surface area contributed by atoms with Crippen molar-refractivity contribution in [2.24, 2.45) is 32.4 Å². The Hall–Kier alpha value is -1.48. The minimum atomic E-state index is -1.27. The summed E-state index contributed by atoms with van der Waals surface area (Å²) in [6.07, 6.45) is 0. The summed E-state index contributed by atoms with van der Waals surface area (Å²) in [6.45, 7) is -0.849. The van der Waals surface area contributed by atoms with E-state index >= 15 is 0 Å². The van der Waals surface area contributed by atoms with Crippen molar-refractivity contribution < 1.29 is 4.84 Å². The molecular formula is C4H10N6O3. The van der Waals surface area contributed by atoms with Gasteiger partial charge < -0.3 is 10.7 Å². The number of nitrogens with two attached hydrogens (primary N) is 2. The van der Waals surface area contributed by atoms with Crippen LogP contribution in [-0.2, 0) is 4.84 Å². The van der Waals surface area contributed by atoms with E-state index in [1.54, 1.807) is 0 Å². The Kier molecular flexibility index (Phi) is 5.39. The van der Waals surface area contributed by atoms with Crippen molar-refractivity contribution in [3.63, 3.8) is 0 Å². The van der Waals surface area contributed by atoms with Gasteiger partial charge in [0.2, 0.25) is 0 Å². The van der Waals surface area contributed by atoms with Gasteiger partial charge in [-0.1, -0.05) is 15.6 Å². The maximum atomic E-state index is 10.0. The molecule has 0 unspecified atom stereocenters. The Bertz CT molecular complexity index is 184. The van der Waals surface area contributed by atoms with E-state index in [4.69, 9.17) is 11.7 Å². The molecule has 9 heteroatoms. The Morgan fingerprint density at radius 3 is 2.08 bits per heavy atom. The average molecular weight is 190 g/mol. The summed E-state index contributed by atoms with van der Waals surface area (Å²) in [6, 6.07) is 0. The molecule has 0 saturated heterocycles. The molecule has 0 aliphatic heterocycles. The van der Waals surface area contributed by atoms with Gasteiger partial charge in [-0.05, 0) is 0 Å². The van der Waals surface area contributed by atoms with Gasteiger partial charge in [0.05, 0.1) is 6.61 Å². The molecule has 74 valence electrons. The second-order valence-corrected chi connectivity index (χ2v) is 2.33. The lowest BCUT2D eigenvalue weighted by atomic mass is 10.0. The van der Waals surface area contributed by atoms with Crippen molar-refractivity contribution in [3.8, 4) is 0 Å². The van der Waals surface area contributed by atoms with Crippen LogP contribution in [0, 0.1) is 9.81 Å². The van der Waals surface area contributed by atoms with Crippen LogP contribution in [0.25, 0.3) is 0 Å². The standard InChI is InChI=1S/C4H10N6O3/c5-10-9-4(1-7-11,2-8-12)3-13-6/h1-3,6H2,(H2,5,9). The molecule has 0 bridgehead atoms. The van der Waals surface area contributed by atoms with E-state index in [0.29, 0.717) is 0 Å². The Morgan fingerprint density at radius 1 is 1.23 bits per heavy atom. The molecular weight excluding hydrogens is 180 g/mol. The first kappa shape index (κ1) is 11.5. The first-order valence-corrected chi connectivity index (χ1v) is 3.26. The van der Waals surface area contributed by atoms with Crippen LogP contribution in [0.3, 0.4) is 0 Å². The number of nitrogens with zero attached hydrogens (tertiary/aromatic N) is 4. The van der Waals surface area contributed by atoms with E-state index in [9.17, 15) is 9.81 Å². The van der Waals surface area contributed by atoms with E-state index in [2.05, 4.69) is 25.5 Å². The van der Waals surface area contributed by atoms with Crippen LogP contribution in [0.1, 0.15) is 0 Å². The van der Waals surface area contributed by atoms with Crippen molar-refractivity contribution in [1.29, 1.82) is 0 Å². The lowest BCUT2D eigenvalue weighted by Gasteiger charge is -2.19. The summed E-state index contributed by atoms with van der Waals surface area (Å²) in [5.74, 6) is 9.56. The summed E-state index contributed by atoms with van der Waals surface area (Å²) in [5.41, 5.74) is -1.27. The van der Waals surface area contributed by atoms with Gasteiger partial charge in [-0.25, -0.2) is 5.90 Å². The molecule has 0 saturated carbocycles. The van der Waals surface area contributed by atoms with Crippen molar-refractivity contribution in [1.82, 2.24) is 0 Å². The van der Waals surface area contributed by atoms with Gasteiger partial charge in [-0.3, -0.25) is 0 Å². The number of rotatable bonds is 7. The lowest BCUT2D eigenvalue weighted by Crippen LogP contribution is -2.40. The van der Waals surface area contributed by atoms with E-state index in [-0.39, 0.29) is 19.7 Å². The van der Waals surface area contributed by atoms with Crippen LogP contribution >= 0.6 is 0 Å². The van der Waals surface area contributed by atoms with Crippen molar-refractivity contribution in [3.05, 3.63) is 9.81 Å². The highest BCUT2D eigenvalue weighted by molar-refractivity contribution is 4.91. The van der Waals surface area contributed by atoms with Crippen LogP contribution < -0.4 is 11.7 Å². The van der Waals surface area contributed by atoms with E-state index in [1.165, 1.54) is 0 Å². The zero-order chi connectivity index (χ0) is 10.2. The molecule has 13 heavy (non-hydrogen) atoms. The molecule has 0 heterocycles. The molecule has 0 spiro atoms. The van der Waals surface area contributed by atoms with Crippen LogP contribution in [0.2, 0.25) is 0 Å². The highest BCUT2D eigenvalue weighted by Gasteiger charge is 2.32. The van der Waals surface area contributed by atoms with Crippen molar-refractivity contribution >= 4 is 0 Å². The molecule has 0 atom stereocenters. The molecule has 0 radical (unpaired) electrons. The molecule has 0 aromatic rings. The van der Waals surface area contributed by atoms with Gasteiger partial charge >= 0.3 is 0 Å². The first-order chi connectivity index (χ1) is 6.24. The van der Waals surface area contributed by atoms with Gasteiger partial charge in [0.1, 0.15) is 13.1 Å². The van der Waals surface area contributed by atoms with Gasteiger partial charge in [0.15, 0.2) is 5.54 Å². The highest BCUT2D eigenvalue weighted by Crippen LogP contribution is 2.13. The van der Waals surface area contributed by atoms with Crippen molar-refractivity contribution in [2.45, 2.75) is 5.54 Å². The number of hydrogen-bond donors (Lipinski definition) is 2. The summed E-state index contributed by atoms with van der Waals surface area (Å²) in [5, 5.41) is 11.5. The van der Waals surface area contributed by atoms with Crippen LogP contribution in [0.5, 0.6) is 0 Å². The number of nitroso groups, excluding NO2 is 2. The Balaban J connectivity index is 4.55. The SMILES string of the molecule is NN=NC(CN=O)(CN=O)CON. The normalized spacial score (nSPS) is 11.8. The smallest absolute Gasteiger partial charge is 0.154 e. The second-order valence-electron chi connectivity index (χ2n) is 2.33. The molecule has 0 aromatic carbocycles. The lowest BCUT2D eigenvalue weighted by molar-refractivity contribution is 0.0896. The molecule has 4 N–H and O–H groups in total. The van der Waals surface area contributed by atoms with Crippen LogP contribution in [0.15, 0.2) is 20.7 Å². The summed E-state index contributed by atoms with van der Waals surface area (Å²) in [4.78, 5) is 24.3. The largest absolute Gasteiger partial charge is 0.305 e. The fourth-order valence-corrected chi connectivity index (χ4v) is 0.751. The topological polar surface area (TPSA) is 145 Å². The zero-order valence-electron chi connectivity index (χ0n) is 6.79. The second kappa shape index (κ2) is 6.08. The molecule has 0 fully saturated rings. The van der Waals surface area contributed by atoms with Crippen LogP contribution in [-0.4, -0.2) is 25.2 Å². The predicted molar refractivity (Wildman–Crippen MR) is 43.2 cm³/mol. The first-order valence-electron chi connectivity index (χ1n) is 3.26. The third kappa shape index (κ3) is 3.62. The molecule has 0 rings (SSSR count). The third-order valence-electron chi connectivity index (χ3n) is 1.34. The minimum absolute atomic E-state index is 0.203. The molecule has 0 aliphatic carbocycles. The maximum Gasteiger partial charge on any atom is 0.154 e. The molecule has 0 aliphatic rings. The van der Waals surface area contributed by atoms with Crippen molar-refractivity contribution in [2.75, 3.05) is 19.7 Å². The summed E-state index contributed by atoms with van der Waals surface area (Å²) >= 11 is 0. The highest BCUT2D eigenvalue weighted by atomic mass is 16.6. The monoisotopic (exact) mass is 190 g/mol. The van der Waals surface area contributed by atoms with Gasteiger partial charge in [-0.2, -0.15) is 14.9 Å². The number of hydrogen-bond acceptors (Lipinski definition) is 8. The summed E-state index contributed by atoms with van der Waals surface area (Å²) < 4.78 is 0. The molecule has 0 amide bonds. The van der Waals surface area contributed by atoms with E-state index in [1.807, 2.05) is 0 Å². The average Bonchev–Trinajstić information content (AvgIpc) is 2.06. The fraction of sp³-hybridized carbons (Fsp3) is 1.00. The third-order valence-corrected chi connectivity index (χ3v) is 1.34. The Morgan fingerprint density at radius 2 is 1.77 bits per heavy atom. The van der Waals surface area contributed by atoms with Gasteiger partial charge in [0, 0.05) is 0 Å². The van der Waals surface area contributed by atoms with Crippen LogP contribution in [0.4, 0.5) is 0 Å².